The summed E-state index contributed by atoms with van der Waals surface area (Å²) in [6.07, 6.45) is 1.46. The Morgan fingerprint density at radius 2 is 1.76 bits per heavy atom. The van der Waals surface area contributed by atoms with E-state index >= 15 is 0 Å². The number of amides is 3. The zero-order valence-corrected chi connectivity index (χ0v) is 24.6. The van der Waals surface area contributed by atoms with Crippen molar-refractivity contribution in [2.24, 2.45) is 0 Å². The van der Waals surface area contributed by atoms with E-state index in [0.29, 0.717) is 17.0 Å². The van der Waals surface area contributed by atoms with E-state index in [1.165, 1.54) is 56.5 Å². The molecule has 0 aliphatic carbocycles. The van der Waals surface area contributed by atoms with Gasteiger partial charge in [-0.25, -0.2) is 0 Å². The molecule has 1 saturated heterocycles. The molecular formula is C28H25ClN2O8S2. The fraction of sp³-hybridized carbons (Fsp3) is 0.179. The van der Waals surface area contributed by atoms with Crippen molar-refractivity contribution in [1.82, 2.24) is 4.90 Å². The van der Waals surface area contributed by atoms with Crippen LogP contribution in [0.3, 0.4) is 0 Å². The van der Waals surface area contributed by atoms with Crippen molar-refractivity contribution >= 4 is 62.3 Å². The molecule has 0 radical (unpaired) electrons. The first-order valence-electron chi connectivity index (χ1n) is 12.1. The van der Waals surface area contributed by atoms with Gasteiger partial charge in [0.05, 0.1) is 23.6 Å². The second kappa shape index (κ2) is 12.7. The van der Waals surface area contributed by atoms with Crippen molar-refractivity contribution in [2.75, 3.05) is 25.6 Å². The van der Waals surface area contributed by atoms with Crippen LogP contribution in [-0.4, -0.2) is 50.6 Å². The Morgan fingerprint density at radius 1 is 1.07 bits per heavy atom. The van der Waals surface area contributed by atoms with Crippen molar-refractivity contribution < 1.29 is 36.5 Å². The minimum Gasteiger partial charge on any atom is -0.493 e. The lowest BCUT2D eigenvalue weighted by Crippen LogP contribution is -2.32. The molecule has 0 aromatic heterocycles. The third-order valence-electron chi connectivity index (χ3n) is 5.68. The number of carbonyl (C=O) groups is 3. The van der Waals surface area contributed by atoms with Crippen LogP contribution in [0.4, 0.5) is 10.5 Å². The second-order valence-electron chi connectivity index (χ2n) is 8.77. The van der Waals surface area contributed by atoms with Crippen LogP contribution in [0.1, 0.15) is 18.1 Å². The topological polar surface area (TPSA) is 128 Å². The Kier molecular flexibility index (Phi) is 9.26. The average molecular weight is 617 g/mol. The van der Waals surface area contributed by atoms with Crippen LogP contribution in [0, 0.1) is 6.92 Å². The Labute approximate surface area is 246 Å². The highest BCUT2D eigenvalue weighted by atomic mass is 35.5. The van der Waals surface area contributed by atoms with E-state index < -0.39 is 21.3 Å². The third kappa shape index (κ3) is 7.40. The Hall–Kier alpha value is -4.00. The van der Waals surface area contributed by atoms with Gasteiger partial charge < -0.3 is 19.0 Å². The van der Waals surface area contributed by atoms with Gasteiger partial charge in [-0.1, -0.05) is 29.3 Å². The number of anilines is 1. The van der Waals surface area contributed by atoms with Crippen LogP contribution in [-0.2, 0) is 19.7 Å². The number of ether oxygens (including phenoxy) is 2. The van der Waals surface area contributed by atoms with Crippen LogP contribution in [0.2, 0.25) is 5.02 Å². The normalized spacial score (nSPS) is 14.3. The van der Waals surface area contributed by atoms with Gasteiger partial charge in [-0.15, -0.1) is 0 Å². The summed E-state index contributed by atoms with van der Waals surface area (Å²) in [4.78, 5) is 37.7. The molecule has 1 aliphatic heterocycles. The van der Waals surface area contributed by atoms with Crippen LogP contribution in [0.15, 0.2) is 70.5 Å². The lowest BCUT2D eigenvalue weighted by molar-refractivity contribution is -0.123. The van der Waals surface area contributed by atoms with Gasteiger partial charge in [-0.2, -0.15) is 8.42 Å². The van der Waals surface area contributed by atoms with Gasteiger partial charge in [0, 0.05) is 12.6 Å². The molecule has 1 fully saturated rings. The maximum absolute atomic E-state index is 12.9. The summed E-state index contributed by atoms with van der Waals surface area (Å²) in [5.41, 5.74) is 1.89. The maximum Gasteiger partial charge on any atom is 0.339 e. The highest BCUT2D eigenvalue weighted by Gasteiger charge is 2.35. The van der Waals surface area contributed by atoms with Crippen LogP contribution < -0.4 is 19.0 Å². The summed E-state index contributed by atoms with van der Waals surface area (Å²) in [5.74, 6) is -0.420. The molecule has 4 rings (SSSR count). The van der Waals surface area contributed by atoms with Gasteiger partial charge in [-0.05, 0) is 78.9 Å². The molecule has 1 heterocycles. The van der Waals surface area contributed by atoms with E-state index in [1.54, 1.807) is 0 Å². The number of hydrogen-bond donors (Lipinski definition) is 1. The molecule has 1 aliphatic rings. The predicted molar refractivity (Wildman–Crippen MR) is 156 cm³/mol. The number of aryl methyl sites for hydroxylation is 1. The summed E-state index contributed by atoms with van der Waals surface area (Å²) in [6.45, 7) is 3.49. The SMILES string of the molecule is COc1cc(/C=C2\SC(=O)N(CCOc3ccc(C)cc3)C2=O)cc(Cl)c1OS(=O)(=O)c1ccc(NC(C)=O)cc1. The summed E-state index contributed by atoms with van der Waals surface area (Å²) in [5, 5.41) is 2.01. The van der Waals surface area contributed by atoms with Gasteiger partial charge >= 0.3 is 10.1 Å². The van der Waals surface area contributed by atoms with Crippen LogP contribution >= 0.6 is 23.4 Å². The van der Waals surface area contributed by atoms with Gasteiger partial charge in [0.25, 0.3) is 11.1 Å². The minimum atomic E-state index is -4.32. The molecule has 3 aromatic carbocycles. The fourth-order valence-corrected chi connectivity index (χ4v) is 5.83. The summed E-state index contributed by atoms with van der Waals surface area (Å²) in [7, 11) is -3.01. The lowest BCUT2D eigenvalue weighted by atomic mass is 10.2. The standard InChI is InChI=1S/C28H25ClN2O8S2/c1-17-4-8-21(9-5-17)38-13-12-31-27(33)25(40-28(31)34)16-19-14-23(29)26(24(15-19)37-3)39-41(35,36)22-10-6-20(7-11-22)30-18(2)32/h4-11,14-16H,12-13H2,1-3H3,(H,30,32)/b25-16-. The summed E-state index contributed by atoms with van der Waals surface area (Å²) in [6, 6.07) is 15.6. The first-order valence-corrected chi connectivity index (χ1v) is 14.7. The molecule has 0 saturated carbocycles. The van der Waals surface area contributed by atoms with E-state index in [-0.39, 0.29) is 45.4 Å². The molecule has 41 heavy (non-hydrogen) atoms. The zero-order valence-electron chi connectivity index (χ0n) is 22.2. The van der Waals surface area contributed by atoms with Gasteiger partial charge in [0.1, 0.15) is 17.3 Å². The molecule has 0 spiro atoms. The van der Waals surface area contributed by atoms with Crippen molar-refractivity contribution in [2.45, 2.75) is 18.7 Å². The van der Waals surface area contributed by atoms with Crippen molar-refractivity contribution in [3.63, 3.8) is 0 Å². The lowest BCUT2D eigenvalue weighted by Gasteiger charge is -2.14. The molecule has 0 bridgehead atoms. The van der Waals surface area contributed by atoms with E-state index in [4.69, 9.17) is 25.3 Å². The molecule has 3 amide bonds. The number of methoxy groups -OCH3 is 1. The molecule has 1 N–H and O–H groups in total. The van der Waals surface area contributed by atoms with E-state index in [9.17, 15) is 22.8 Å². The summed E-state index contributed by atoms with van der Waals surface area (Å²) >= 11 is 7.14. The molecule has 3 aromatic rings. The Balaban J connectivity index is 1.48. The van der Waals surface area contributed by atoms with Crippen molar-refractivity contribution in [1.29, 1.82) is 0 Å². The molecular weight excluding hydrogens is 592 g/mol. The third-order valence-corrected chi connectivity index (χ3v) is 8.11. The van der Waals surface area contributed by atoms with Crippen molar-refractivity contribution in [3.8, 4) is 17.2 Å². The van der Waals surface area contributed by atoms with E-state index in [1.807, 2.05) is 31.2 Å². The number of rotatable bonds is 10. The highest BCUT2D eigenvalue weighted by Crippen LogP contribution is 2.40. The van der Waals surface area contributed by atoms with E-state index in [2.05, 4.69) is 5.32 Å². The first-order chi connectivity index (χ1) is 19.5. The largest absolute Gasteiger partial charge is 0.493 e. The number of halogens is 1. The van der Waals surface area contributed by atoms with Gasteiger partial charge in [0.2, 0.25) is 11.7 Å². The Bertz CT molecular complexity index is 1620. The quantitative estimate of drug-likeness (QED) is 0.232. The molecule has 0 atom stereocenters. The smallest absolute Gasteiger partial charge is 0.339 e. The number of carbonyl (C=O) groups excluding carboxylic acids is 3. The number of benzene rings is 3. The van der Waals surface area contributed by atoms with Crippen LogP contribution in [0.5, 0.6) is 17.2 Å². The fourth-order valence-electron chi connectivity index (χ4n) is 3.70. The zero-order chi connectivity index (χ0) is 29.7. The van der Waals surface area contributed by atoms with Gasteiger partial charge in [0.15, 0.2) is 5.75 Å². The number of nitrogens with one attached hydrogen (secondary N) is 1. The predicted octanol–water partition coefficient (Wildman–Crippen LogP) is 5.50. The number of hydrogen-bond acceptors (Lipinski definition) is 9. The number of imide groups is 1. The molecule has 10 nitrogen and oxygen atoms in total. The number of nitrogens with zero attached hydrogens (tertiary/aromatic N) is 1. The first kappa shape index (κ1) is 30.0. The van der Waals surface area contributed by atoms with Gasteiger partial charge in [-0.3, -0.25) is 19.3 Å². The van der Waals surface area contributed by atoms with E-state index in [0.717, 1.165) is 22.2 Å². The van der Waals surface area contributed by atoms with Crippen molar-refractivity contribution in [3.05, 3.63) is 81.7 Å². The number of thioether (sulfide) groups is 1. The highest BCUT2D eigenvalue weighted by molar-refractivity contribution is 8.18. The second-order valence-corrected chi connectivity index (χ2v) is 11.7. The molecule has 0 unspecified atom stereocenters. The van der Waals surface area contributed by atoms with Crippen LogP contribution in [0.25, 0.3) is 6.08 Å². The maximum atomic E-state index is 12.9. The average Bonchev–Trinajstić information content (AvgIpc) is 3.18. The summed E-state index contributed by atoms with van der Waals surface area (Å²) < 4.78 is 42.0. The minimum absolute atomic E-state index is 0.00656. The monoisotopic (exact) mass is 616 g/mol. The molecule has 214 valence electrons. The Morgan fingerprint density at radius 3 is 2.39 bits per heavy atom. The molecule has 13 heteroatoms.